The summed E-state index contributed by atoms with van der Waals surface area (Å²) in [6, 6.07) is 9.59. The number of halogens is 1. The van der Waals surface area contributed by atoms with Crippen LogP contribution in [0, 0.1) is 0 Å². The molecule has 1 nitrogen and oxygen atoms in total. The van der Waals surface area contributed by atoms with E-state index in [0.29, 0.717) is 6.42 Å². The molecule has 0 heterocycles. The minimum Gasteiger partial charge on any atom is -0.298 e. The van der Waals surface area contributed by atoms with Crippen LogP contribution in [0.25, 0.3) is 0 Å². The fourth-order valence-corrected chi connectivity index (χ4v) is 0.965. The molecule has 0 radical (unpaired) electrons. The predicted octanol–water partition coefficient (Wildman–Crippen LogP) is 3.45. The molecule has 0 saturated heterocycles. The molecule has 1 rings (SSSR count). The van der Waals surface area contributed by atoms with Crippen molar-refractivity contribution < 1.29 is 4.79 Å². The van der Waals surface area contributed by atoms with Crippen LogP contribution in [0.1, 0.15) is 25.8 Å². The average molecular weight is 213 g/mol. The van der Waals surface area contributed by atoms with E-state index in [-0.39, 0.29) is 11.7 Å². The first-order valence-corrected chi connectivity index (χ1v) is 5.39. The molecule has 0 spiro atoms. The third kappa shape index (κ3) is 6.67. The molecule has 0 amide bonds. The molecule has 2 heteroatoms. The zero-order chi connectivity index (χ0) is 10.8. The van der Waals surface area contributed by atoms with Gasteiger partial charge in [0.05, 0.1) is 5.88 Å². The van der Waals surface area contributed by atoms with E-state index in [1.54, 1.807) is 0 Å². The zero-order valence-electron chi connectivity index (χ0n) is 8.79. The van der Waals surface area contributed by atoms with Gasteiger partial charge in [-0.15, -0.1) is 11.6 Å². The van der Waals surface area contributed by atoms with Crippen molar-refractivity contribution in [2.75, 3.05) is 5.88 Å². The SMILES string of the molecule is CCC.O=C(CCl)Cc1ccccc1. The third-order valence-corrected chi connectivity index (χ3v) is 1.69. The number of hydrogen-bond acceptors (Lipinski definition) is 1. The van der Waals surface area contributed by atoms with Crippen LogP contribution in [-0.2, 0) is 11.2 Å². The molecule has 0 saturated carbocycles. The normalized spacial score (nSPS) is 8.79. The average Bonchev–Trinajstić information content (AvgIpc) is 2.20. The van der Waals surface area contributed by atoms with Crippen molar-refractivity contribution in [1.82, 2.24) is 0 Å². The molecule has 1 aromatic carbocycles. The van der Waals surface area contributed by atoms with Crippen LogP contribution in [0.3, 0.4) is 0 Å². The van der Waals surface area contributed by atoms with E-state index in [4.69, 9.17) is 11.6 Å². The van der Waals surface area contributed by atoms with Crippen LogP contribution in [0.4, 0.5) is 0 Å². The molecule has 78 valence electrons. The highest BCUT2D eigenvalue weighted by molar-refractivity contribution is 6.27. The topological polar surface area (TPSA) is 17.1 Å². The summed E-state index contributed by atoms with van der Waals surface area (Å²) in [5.74, 6) is 0.174. The Hall–Kier alpha value is -0.820. The monoisotopic (exact) mass is 212 g/mol. The van der Waals surface area contributed by atoms with Crippen molar-refractivity contribution in [3.8, 4) is 0 Å². The number of benzene rings is 1. The first-order chi connectivity index (χ1) is 6.74. The zero-order valence-corrected chi connectivity index (χ0v) is 9.55. The van der Waals surface area contributed by atoms with E-state index in [1.807, 2.05) is 30.3 Å². The molecule has 0 atom stereocenters. The van der Waals surface area contributed by atoms with Crippen molar-refractivity contribution in [1.29, 1.82) is 0 Å². The number of hydrogen-bond donors (Lipinski definition) is 0. The lowest BCUT2D eigenvalue weighted by atomic mass is 10.1. The van der Waals surface area contributed by atoms with Gasteiger partial charge in [-0.3, -0.25) is 4.79 Å². The quantitative estimate of drug-likeness (QED) is 0.702. The molecule has 1 aromatic rings. The molecule has 0 N–H and O–H groups in total. The number of ketones is 1. The summed E-state index contributed by atoms with van der Waals surface area (Å²) < 4.78 is 0. The van der Waals surface area contributed by atoms with Crippen LogP contribution in [0.2, 0.25) is 0 Å². The Bertz CT molecular complexity index is 244. The highest BCUT2D eigenvalue weighted by Crippen LogP contribution is 2.00. The molecule has 0 aromatic heterocycles. The maximum Gasteiger partial charge on any atom is 0.151 e. The van der Waals surface area contributed by atoms with Crippen LogP contribution in [0.15, 0.2) is 30.3 Å². The molecule has 0 aliphatic rings. The highest BCUT2D eigenvalue weighted by Gasteiger charge is 1.99. The van der Waals surface area contributed by atoms with E-state index in [1.165, 1.54) is 6.42 Å². The summed E-state index contributed by atoms with van der Waals surface area (Å²) in [7, 11) is 0. The Morgan fingerprint density at radius 1 is 1.21 bits per heavy atom. The summed E-state index contributed by atoms with van der Waals surface area (Å²) >= 11 is 5.35. The Balaban J connectivity index is 0.000000500. The molecule has 0 unspecified atom stereocenters. The number of Topliss-reactive ketones (excluding diaryl/α,β-unsaturated/α-hetero) is 1. The smallest absolute Gasteiger partial charge is 0.151 e. The second kappa shape index (κ2) is 8.76. The Morgan fingerprint density at radius 3 is 2.14 bits per heavy atom. The van der Waals surface area contributed by atoms with Crippen LogP contribution < -0.4 is 0 Å². The van der Waals surface area contributed by atoms with Gasteiger partial charge in [-0.1, -0.05) is 50.6 Å². The van der Waals surface area contributed by atoms with Gasteiger partial charge in [-0.05, 0) is 5.56 Å². The second-order valence-electron chi connectivity index (χ2n) is 3.04. The maximum atomic E-state index is 10.8. The Morgan fingerprint density at radius 2 is 1.71 bits per heavy atom. The fourth-order valence-electron chi connectivity index (χ4n) is 0.871. The van der Waals surface area contributed by atoms with Crippen molar-refractivity contribution in [3.05, 3.63) is 35.9 Å². The maximum absolute atomic E-state index is 10.8. The summed E-state index contributed by atoms with van der Waals surface area (Å²) in [6.07, 6.45) is 1.70. The molecule has 0 bridgehead atoms. The van der Waals surface area contributed by atoms with Gasteiger partial charge in [0.1, 0.15) is 0 Å². The molecule has 0 fully saturated rings. The summed E-state index contributed by atoms with van der Waals surface area (Å²) in [5.41, 5.74) is 1.03. The first-order valence-electron chi connectivity index (χ1n) is 4.86. The van der Waals surface area contributed by atoms with Gasteiger partial charge in [0.15, 0.2) is 5.78 Å². The minimum atomic E-state index is 0.0675. The molecular weight excluding hydrogens is 196 g/mol. The highest BCUT2D eigenvalue weighted by atomic mass is 35.5. The second-order valence-corrected chi connectivity index (χ2v) is 3.31. The number of alkyl halides is 1. The number of carbonyl (C=O) groups is 1. The van der Waals surface area contributed by atoms with Gasteiger partial charge in [0.2, 0.25) is 0 Å². The first kappa shape index (κ1) is 13.2. The van der Waals surface area contributed by atoms with Crippen molar-refractivity contribution in [2.24, 2.45) is 0 Å². The summed E-state index contributed by atoms with van der Waals surface area (Å²) in [4.78, 5) is 10.8. The van der Waals surface area contributed by atoms with Crippen molar-refractivity contribution >= 4 is 17.4 Å². The van der Waals surface area contributed by atoms with Gasteiger partial charge in [0, 0.05) is 6.42 Å². The molecule has 0 aliphatic carbocycles. The number of rotatable bonds is 3. The lowest BCUT2D eigenvalue weighted by Gasteiger charge is -1.95. The van der Waals surface area contributed by atoms with Crippen molar-refractivity contribution in [2.45, 2.75) is 26.7 Å². The van der Waals surface area contributed by atoms with Crippen LogP contribution in [-0.4, -0.2) is 11.7 Å². The summed E-state index contributed by atoms with van der Waals surface area (Å²) in [6.45, 7) is 4.25. The van der Waals surface area contributed by atoms with Gasteiger partial charge in [0.25, 0.3) is 0 Å². The van der Waals surface area contributed by atoms with Gasteiger partial charge in [-0.25, -0.2) is 0 Å². The molecule has 14 heavy (non-hydrogen) atoms. The van der Waals surface area contributed by atoms with E-state index >= 15 is 0 Å². The lowest BCUT2D eigenvalue weighted by molar-refractivity contribution is -0.116. The largest absolute Gasteiger partial charge is 0.298 e. The lowest BCUT2D eigenvalue weighted by Crippen LogP contribution is -2.02. The van der Waals surface area contributed by atoms with Gasteiger partial charge >= 0.3 is 0 Å². The Kier molecular flexibility index (Phi) is 8.25. The molecule has 0 aliphatic heterocycles. The van der Waals surface area contributed by atoms with Gasteiger partial charge in [-0.2, -0.15) is 0 Å². The van der Waals surface area contributed by atoms with E-state index in [9.17, 15) is 4.79 Å². The predicted molar refractivity (Wildman–Crippen MR) is 61.8 cm³/mol. The number of carbonyl (C=O) groups excluding carboxylic acids is 1. The van der Waals surface area contributed by atoms with Gasteiger partial charge < -0.3 is 0 Å². The molecular formula is C12H17ClO. The van der Waals surface area contributed by atoms with Crippen molar-refractivity contribution in [3.63, 3.8) is 0 Å². The fraction of sp³-hybridized carbons (Fsp3) is 0.417. The minimum absolute atomic E-state index is 0.0675. The summed E-state index contributed by atoms with van der Waals surface area (Å²) in [5, 5.41) is 0. The van der Waals surface area contributed by atoms with Crippen LogP contribution in [0.5, 0.6) is 0 Å². The Labute approximate surface area is 91.1 Å². The third-order valence-electron chi connectivity index (χ3n) is 1.39. The van der Waals surface area contributed by atoms with E-state index in [0.717, 1.165) is 5.56 Å². The van der Waals surface area contributed by atoms with E-state index < -0.39 is 0 Å². The van der Waals surface area contributed by atoms with E-state index in [2.05, 4.69) is 13.8 Å². The standard InChI is InChI=1S/C9H9ClO.C3H8/c10-7-9(11)6-8-4-2-1-3-5-8;1-3-2/h1-5H,6-7H2;3H2,1-2H3. The van der Waals surface area contributed by atoms with Crippen LogP contribution >= 0.6 is 11.6 Å².